The first-order valence-electron chi connectivity index (χ1n) is 5.22. The van der Waals surface area contributed by atoms with Crippen molar-refractivity contribution in [3.05, 3.63) is 62.6 Å². The van der Waals surface area contributed by atoms with E-state index in [1.165, 1.54) is 18.2 Å². The second-order valence-corrected chi connectivity index (χ2v) is 4.52. The third-order valence-electron chi connectivity index (χ3n) is 2.33. The Labute approximate surface area is 117 Å². The second-order valence-electron chi connectivity index (χ2n) is 3.61. The zero-order chi connectivity index (χ0) is 13.8. The molecule has 5 nitrogen and oxygen atoms in total. The molecule has 94 valence electrons. The van der Waals surface area contributed by atoms with Gasteiger partial charge in [0.1, 0.15) is 5.75 Å². The smallest absolute Gasteiger partial charge is 0.312 e. The van der Waals surface area contributed by atoms with Crippen LogP contribution in [-0.4, -0.2) is 4.92 Å². The van der Waals surface area contributed by atoms with Gasteiger partial charge >= 0.3 is 5.69 Å². The minimum Gasteiger partial charge on any atom is -0.450 e. The fraction of sp³-hybridized carbons (Fsp3) is 0. The molecule has 0 amide bonds. The Morgan fingerprint density at radius 1 is 1.21 bits per heavy atom. The summed E-state index contributed by atoms with van der Waals surface area (Å²) in [4.78, 5) is 10.4. The highest BCUT2D eigenvalue weighted by atomic mass is 79.9. The minimum absolute atomic E-state index is 0.103. The average molecular weight is 319 g/mol. The lowest BCUT2D eigenvalue weighted by molar-refractivity contribution is -0.385. The summed E-state index contributed by atoms with van der Waals surface area (Å²) in [6, 6.07) is 12.8. The van der Waals surface area contributed by atoms with Gasteiger partial charge in [-0.15, -0.1) is 0 Å². The van der Waals surface area contributed by atoms with Crippen molar-refractivity contribution < 1.29 is 9.66 Å². The number of halogens is 1. The molecule has 0 spiro atoms. The molecular weight excluding hydrogens is 312 g/mol. The van der Waals surface area contributed by atoms with E-state index in [1.54, 1.807) is 24.3 Å². The molecule has 0 atom stereocenters. The lowest BCUT2D eigenvalue weighted by Crippen LogP contribution is -1.94. The first kappa shape index (κ1) is 13.1. The van der Waals surface area contributed by atoms with Crippen molar-refractivity contribution >= 4 is 21.6 Å². The Bertz CT molecular complexity index is 663. The van der Waals surface area contributed by atoms with Crippen molar-refractivity contribution in [2.75, 3.05) is 0 Å². The van der Waals surface area contributed by atoms with Gasteiger partial charge in [-0.2, -0.15) is 5.26 Å². The van der Waals surface area contributed by atoms with E-state index in [9.17, 15) is 10.1 Å². The zero-order valence-corrected chi connectivity index (χ0v) is 11.1. The van der Waals surface area contributed by atoms with Crippen LogP contribution >= 0.6 is 15.9 Å². The van der Waals surface area contributed by atoms with Crippen LogP contribution in [0.5, 0.6) is 11.5 Å². The molecule has 19 heavy (non-hydrogen) atoms. The van der Waals surface area contributed by atoms with Crippen molar-refractivity contribution in [2.45, 2.75) is 0 Å². The molecule has 0 aliphatic rings. The lowest BCUT2D eigenvalue weighted by atomic mass is 10.2. The molecule has 0 radical (unpaired) electrons. The minimum atomic E-state index is -0.574. The highest BCUT2D eigenvalue weighted by Crippen LogP contribution is 2.32. The number of ether oxygens (including phenoxy) is 1. The quantitative estimate of drug-likeness (QED) is 0.632. The summed E-state index contributed by atoms with van der Waals surface area (Å²) >= 11 is 3.29. The summed E-state index contributed by atoms with van der Waals surface area (Å²) in [6.45, 7) is 0. The standard InChI is InChI=1S/C13H7BrN2O3/c14-10-2-4-11(5-3-10)19-13-6-1-9(8-15)7-12(13)16(17)18/h1-7H. The molecule has 0 N–H and O–H groups in total. The van der Waals surface area contributed by atoms with Crippen molar-refractivity contribution in [2.24, 2.45) is 0 Å². The number of nitro benzene ring substituents is 1. The molecule has 0 aromatic heterocycles. The predicted octanol–water partition coefficient (Wildman–Crippen LogP) is 4.02. The van der Waals surface area contributed by atoms with Crippen LogP contribution in [0.25, 0.3) is 0 Å². The number of nitro groups is 1. The van der Waals surface area contributed by atoms with Crippen LogP contribution in [0.4, 0.5) is 5.69 Å². The summed E-state index contributed by atoms with van der Waals surface area (Å²) in [7, 11) is 0. The van der Waals surface area contributed by atoms with Crippen molar-refractivity contribution in [3.63, 3.8) is 0 Å². The molecule has 2 rings (SSSR count). The van der Waals surface area contributed by atoms with E-state index < -0.39 is 4.92 Å². The van der Waals surface area contributed by atoms with Gasteiger partial charge in [-0.3, -0.25) is 10.1 Å². The maximum Gasteiger partial charge on any atom is 0.312 e. The van der Waals surface area contributed by atoms with Gasteiger partial charge in [-0.25, -0.2) is 0 Å². The van der Waals surface area contributed by atoms with Crippen LogP contribution in [-0.2, 0) is 0 Å². The van der Waals surface area contributed by atoms with E-state index in [2.05, 4.69) is 15.9 Å². The van der Waals surface area contributed by atoms with Crippen molar-refractivity contribution in [3.8, 4) is 17.6 Å². The van der Waals surface area contributed by atoms with Crippen LogP contribution < -0.4 is 4.74 Å². The van der Waals surface area contributed by atoms with E-state index in [0.29, 0.717) is 5.75 Å². The molecule has 0 fully saturated rings. The Morgan fingerprint density at radius 3 is 2.47 bits per heavy atom. The van der Waals surface area contributed by atoms with Gasteiger partial charge in [0.05, 0.1) is 16.6 Å². The number of rotatable bonds is 3. The average Bonchev–Trinajstić information content (AvgIpc) is 2.41. The molecule has 6 heteroatoms. The molecule has 0 saturated carbocycles. The molecule has 0 saturated heterocycles. The predicted molar refractivity (Wildman–Crippen MR) is 72.0 cm³/mol. The summed E-state index contributed by atoms with van der Waals surface area (Å²) in [5, 5.41) is 19.7. The van der Waals surface area contributed by atoms with E-state index >= 15 is 0 Å². The molecule has 2 aromatic rings. The molecule has 0 aliphatic heterocycles. The SMILES string of the molecule is N#Cc1ccc(Oc2ccc(Br)cc2)c([N+](=O)[O-])c1. The highest BCUT2D eigenvalue weighted by Gasteiger charge is 2.16. The van der Waals surface area contributed by atoms with Gasteiger partial charge < -0.3 is 4.74 Å². The second kappa shape index (κ2) is 5.50. The van der Waals surface area contributed by atoms with Crippen LogP contribution in [0.1, 0.15) is 5.56 Å². The highest BCUT2D eigenvalue weighted by molar-refractivity contribution is 9.10. The molecule has 0 unspecified atom stereocenters. The molecular formula is C13H7BrN2O3. The largest absolute Gasteiger partial charge is 0.450 e. The van der Waals surface area contributed by atoms with Crippen LogP contribution in [0.15, 0.2) is 46.9 Å². The van der Waals surface area contributed by atoms with Crippen molar-refractivity contribution in [1.29, 1.82) is 5.26 Å². The van der Waals surface area contributed by atoms with Crippen LogP contribution in [0, 0.1) is 21.4 Å². The third-order valence-corrected chi connectivity index (χ3v) is 2.85. The van der Waals surface area contributed by atoms with Gasteiger partial charge in [0.15, 0.2) is 0 Å². The number of nitriles is 1. The topological polar surface area (TPSA) is 76.2 Å². The Morgan fingerprint density at radius 2 is 1.89 bits per heavy atom. The molecule has 0 bridgehead atoms. The monoisotopic (exact) mass is 318 g/mol. The molecule has 0 aliphatic carbocycles. The Hall–Kier alpha value is -2.39. The number of nitrogens with zero attached hydrogens (tertiary/aromatic N) is 2. The zero-order valence-electron chi connectivity index (χ0n) is 9.54. The van der Waals surface area contributed by atoms with Crippen molar-refractivity contribution in [1.82, 2.24) is 0 Å². The third kappa shape index (κ3) is 3.09. The van der Waals surface area contributed by atoms with E-state index in [4.69, 9.17) is 10.00 Å². The van der Waals surface area contributed by atoms with Gasteiger partial charge in [-0.05, 0) is 36.4 Å². The lowest BCUT2D eigenvalue weighted by Gasteiger charge is -2.06. The molecule has 2 aromatic carbocycles. The maximum absolute atomic E-state index is 10.9. The first-order chi connectivity index (χ1) is 9.10. The summed E-state index contributed by atoms with van der Waals surface area (Å²) in [5.41, 5.74) is -0.0168. The summed E-state index contributed by atoms with van der Waals surface area (Å²) in [6.07, 6.45) is 0. The van der Waals surface area contributed by atoms with Crippen LogP contribution in [0.2, 0.25) is 0 Å². The first-order valence-corrected chi connectivity index (χ1v) is 6.01. The fourth-order valence-electron chi connectivity index (χ4n) is 1.45. The molecule has 0 heterocycles. The van der Waals surface area contributed by atoms with E-state index in [-0.39, 0.29) is 17.0 Å². The summed E-state index contributed by atoms with van der Waals surface area (Å²) in [5.74, 6) is 0.585. The number of benzene rings is 2. The summed E-state index contributed by atoms with van der Waals surface area (Å²) < 4.78 is 6.34. The van der Waals surface area contributed by atoms with Gasteiger partial charge in [0, 0.05) is 10.5 Å². The normalized spacial score (nSPS) is 9.68. The van der Waals surface area contributed by atoms with E-state index in [1.807, 2.05) is 6.07 Å². The number of hydrogen-bond donors (Lipinski definition) is 0. The Kier molecular flexibility index (Phi) is 3.78. The fourth-order valence-corrected chi connectivity index (χ4v) is 1.71. The van der Waals surface area contributed by atoms with Gasteiger partial charge in [-0.1, -0.05) is 15.9 Å². The Balaban J connectivity index is 2.37. The van der Waals surface area contributed by atoms with E-state index in [0.717, 1.165) is 4.47 Å². The van der Waals surface area contributed by atoms with Crippen LogP contribution in [0.3, 0.4) is 0 Å². The van der Waals surface area contributed by atoms with Gasteiger partial charge in [0.2, 0.25) is 5.75 Å². The number of hydrogen-bond acceptors (Lipinski definition) is 4. The maximum atomic E-state index is 10.9. The van der Waals surface area contributed by atoms with Gasteiger partial charge in [0.25, 0.3) is 0 Å².